The van der Waals surface area contributed by atoms with Crippen LogP contribution in [0.15, 0.2) is 66.7 Å². The molecule has 0 spiro atoms. The Hall–Kier alpha value is -2.12. The topological polar surface area (TPSA) is 12.9 Å². The van der Waals surface area contributed by atoms with Gasteiger partial charge in [0.1, 0.15) is 5.15 Å². The molecule has 0 aliphatic rings. The molecule has 0 unspecified atom stereocenters. The number of halogens is 1. The number of aryl methyl sites for hydroxylation is 1. The minimum Gasteiger partial charge on any atom is -0.236 e. The van der Waals surface area contributed by atoms with E-state index in [1.165, 1.54) is 5.56 Å². The third-order valence-corrected chi connectivity index (χ3v) is 3.44. The van der Waals surface area contributed by atoms with Crippen molar-refractivity contribution in [1.29, 1.82) is 0 Å². The molecule has 98 valence electrons. The van der Waals surface area contributed by atoms with Crippen LogP contribution in [0.3, 0.4) is 0 Å². The van der Waals surface area contributed by atoms with Crippen molar-refractivity contribution < 1.29 is 0 Å². The molecule has 1 heterocycles. The van der Waals surface area contributed by atoms with Crippen LogP contribution in [0.25, 0.3) is 22.4 Å². The molecule has 0 bridgehead atoms. The fourth-order valence-corrected chi connectivity index (χ4v) is 2.37. The molecule has 0 radical (unpaired) electrons. The van der Waals surface area contributed by atoms with Crippen molar-refractivity contribution in [3.63, 3.8) is 0 Å². The summed E-state index contributed by atoms with van der Waals surface area (Å²) in [5, 5.41) is 0.516. The van der Waals surface area contributed by atoms with Gasteiger partial charge in [-0.25, -0.2) is 4.98 Å². The van der Waals surface area contributed by atoms with Crippen molar-refractivity contribution in [2.24, 2.45) is 0 Å². The SMILES string of the molecule is Cc1ccc(-c2cc(Cl)nc(-c3ccccc3)c2)cc1. The van der Waals surface area contributed by atoms with Gasteiger partial charge < -0.3 is 0 Å². The molecule has 2 heteroatoms. The first-order chi connectivity index (χ1) is 9.72. The van der Waals surface area contributed by atoms with Gasteiger partial charge in [0.25, 0.3) is 0 Å². The lowest BCUT2D eigenvalue weighted by atomic mass is 10.0. The summed E-state index contributed by atoms with van der Waals surface area (Å²) >= 11 is 6.17. The number of rotatable bonds is 2. The molecular formula is C18H14ClN. The summed E-state index contributed by atoms with van der Waals surface area (Å²) in [4.78, 5) is 4.41. The van der Waals surface area contributed by atoms with E-state index in [1.54, 1.807) is 0 Å². The summed E-state index contributed by atoms with van der Waals surface area (Å²) in [5.41, 5.74) is 5.45. The van der Waals surface area contributed by atoms with Gasteiger partial charge in [0.05, 0.1) is 5.69 Å². The van der Waals surface area contributed by atoms with E-state index in [4.69, 9.17) is 11.6 Å². The largest absolute Gasteiger partial charge is 0.236 e. The second-order valence-electron chi connectivity index (χ2n) is 4.80. The Labute approximate surface area is 123 Å². The van der Waals surface area contributed by atoms with Gasteiger partial charge in [0.15, 0.2) is 0 Å². The van der Waals surface area contributed by atoms with Crippen LogP contribution in [0.5, 0.6) is 0 Å². The van der Waals surface area contributed by atoms with Crippen LogP contribution in [-0.2, 0) is 0 Å². The zero-order valence-corrected chi connectivity index (χ0v) is 11.9. The Balaban J connectivity index is 2.09. The highest BCUT2D eigenvalue weighted by atomic mass is 35.5. The summed E-state index contributed by atoms with van der Waals surface area (Å²) < 4.78 is 0. The van der Waals surface area contributed by atoms with Crippen molar-refractivity contribution in [3.8, 4) is 22.4 Å². The minimum atomic E-state index is 0.516. The lowest BCUT2D eigenvalue weighted by molar-refractivity contribution is 1.32. The van der Waals surface area contributed by atoms with Crippen LogP contribution in [0.1, 0.15) is 5.56 Å². The van der Waals surface area contributed by atoms with E-state index in [2.05, 4.69) is 42.2 Å². The summed E-state index contributed by atoms with van der Waals surface area (Å²) in [5.74, 6) is 0. The van der Waals surface area contributed by atoms with Gasteiger partial charge in [-0.2, -0.15) is 0 Å². The molecular weight excluding hydrogens is 266 g/mol. The maximum absolute atomic E-state index is 6.17. The molecule has 3 rings (SSSR count). The molecule has 0 N–H and O–H groups in total. The Morgan fingerprint density at radius 3 is 2.15 bits per heavy atom. The van der Waals surface area contributed by atoms with Gasteiger partial charge in [-0.3, -0.25) is 0 Å². The van der Waals surface area contributed by atoms with E-state index in [-0.39, 0.29) is 0 Å². The van der Waals surface area contributed by atoms with Crippen molar-refractivity contribution in [1.82, 2.24) is 4.98 Å². The first kappa shape index (κ1) is 12.9. The molecule has 3 aromatic rings. The van der Waals surface area contributed by atoms with Gasteiger partial charge in [-0.15, -0.1) is 0 Å². The lowest BCUT2D eigenvalue weighted by Gasteiger charge is -2.07. The number of aromatic nitrogens is 1. The maximum atomic E-state index is 6.17. The first-order valence-electron chi connectivity index (χ1n) is 6.52. The Morgan fingerprint density at radius 2 is 1.45 bits per heavy atom. The van der Waals surface area contributed by atoms with Crippen LogP contribution >= 0.6 is 11.6 Å². The third-order valence-electron chi connectivity index (χ3n) is 3.25. The quantitative estimate of drug-likeness (QED) is 0.574. The van der Waals surface area contributed by atoms with Crippen molar-refractivity contribution >= 4 is 11.6 Å². The van der Waals surface area contributed by atoms with Crippen LogP contribution in [0.4, 0.5) is 0 Å². The highest BCUT2D eigenvalue weighted by Crippen LogP contribution is 2.27. The monoisotopic (exact) mass is 279 g/mol. The average molecular weight is 280 g/mol. The van der Waals surface area contributed by atoms with E-state index in [9.17, 15) is 0 Å². The molecule has 1 aromatic heterocycles. The van der Waals surface area contributed by atoms with Crippen molar-refractivity contribution in [3.05, 3.63) is 77.4 Å². The van der Waals surface area contributed by atoms with Gasteiger partial charge in [0, 0.05) is 5.56 Å². The number of nitrogens with zero attached hydrogens (tertiary/aromatic N) is 1. The predicted molar refractivity (Wildman–Crippen MR) is 84.9 cm³/mol. The Kier molecular flexibility index (Phi) is 3.53. The van der Waals surface area contributed by atoms with Crippen LogP contribution in [-0.4, -0.2) is 4.98 Å². The first-order valence-corrected chi connectivity index (χ1v) is 6.90. The third kappa shape index (κ3) is 2.73. The summed E-state index contributed by atoms with van der Waals surface area (Å²) in [6.45, 7) is 2.08. The standard InChI is InChI=1S/C18H14ClN/c1-13-7-9-14(10-8-13)16-11-17(20-18(19)12-16)15-5-3-2-4-6-15/h2-12H,1H3. The predicted octanol–water partition coefficient (Wildman–Crippen LogP) is 5.38. The number of benzene rings is 2. The normalized spacial score (nSPS) is 10.5. The number of hydrogen-bond acceptors (Lipinski definition) is 1. The maximum Gasteiger partial charge on any atom is 0.130 e. The molecule has 0 aliphatic heterocycles. The minimum absolute atomic E-state index is 0.516. The van der Waals surface area contributed by atoms with E-state index in [1.807, 2.05) is 36.4 Å². The van der Waals surface area contributed by atoms with Gasteiger partial charge in [0.2, 0.25) is 0 Å². The van der Waals surface area contributed by atoms with Gasteiger partial charge in [-0.1, -0.05) is 71.8 Å². The molecule has 0 saturated carbocycles. The summed E-state index contributed by atoms with van der Waals surface area (Å²) in [6, 6.07) is 22.5. The molecule has 0 amide bonds. The van der Waals surface area contributed by atoms with Crippen LogP contribution in [0, 0.1) is 6.92 Å². The van der Waals surface area contributed by atoms with E-state index in [0.29, 0.717) is 5.15 Å². The fraction of sp³-hybridized carbons (Fsp3) is 0.0556. The molecule has 0 aliphatic carbocycles. The lowest BCUT2D eigenvalue weighted by Crippen LogP contribution is -1.87. The second-order valence-corrected chi connectivity index (χ2v) is 5.18. The zero-order chi connectivity index (χ0) is 13.9. The highest BCUT2D eigenvalue weighted by Gasteiger charge is 2.05. The summed E-state index contributed by atoms with van der Waals surface area (Å²) in [6.07, 6.45) is 0. The number of hydrogen-bond donors (Lipinski definition) is 0. The molecule has 2 aromatic carbocycles. The van der Waals surface area contributed by atoms with E-state index in [0.717, 1.165) is 22.4 Å². The molecule has 1 nitrogen and oxygen atoms in total. The fourth-order valence-electron chi connectivity index (χ4n) is 2.17. The van der Waals surface area contributed by atoms with Crippen molar-refractivity contribution in [2.45, 2.75) is 6.92 Å². The van der Waals surface area contributed by atoms with Crippen LogP contribution < -0.4 is 0 Å². The second kappa shape index (κ2) is 5.48. The number of pyridine rings is 1. The molecule has 0 fully saturated rings. The molecule has 20 heavy (non-hydrogen) atoms. The van der Waals surface area contributed by atoms with Crippen LogP contribution in [0.2, 0.25) is 5.15 Å². The molecule has 0 saturated heterocycles. The Bertz CT molecular complexity index is 718. The van der Waals surface area contributed by atoms with Gasteiger partial charge in [-0.05, 0) is 30.2 Å². The highest BCUT2D eigenvalue weighted by molar-refractivity contribution is 6.29. The van der Waals surface area contributed by atoms with Gasteiger partial charge >= 0.3 is 0 Å². The Morgan fingerprint density at radius 1 is 0.750 bits per heavy atom. The van der Waals surface area contributed by atoms with E-state index >= 15 is 0 Å². The average Bonchev–Trinajstić information content (AvgIpc) is 2.48. The smallest absolute Gasteiger partial charge is 0.130 e. The zero-order valence-electron chi connectivity index (χ0n) is 11.2. The van der Waals surface area contributed by atoms with E-state index < -0.39 is 0 Å². The van der Waals surface area contributed by atoms with Crippen molar-refractivity contribution in [2.75, 3.05) is 0 Å². The molecule has 0 atom stereocenters. The summed E-state index contributed by atoms with van der Waals surface area (Å²) in [7, 11) is 0.